The van der Waals surface area contributed by atoms with Crippen molar-refractivity contribution < 1.29 is 14.7 Å². The van der Waals surface area contributed by atoms with Crippen molar-refractivity contribution in [1.29, 1.82) is 0 Å². The first-order chi connectivity index (χ1) is 11.0. The summed E-state index contributed by atoms with van der Waals surface area (Å²) >= 11 is 0. The van der Waals surface area contributed by atoms with Gasteiger partial charge in [0.1, 0.15) is 0 Å². The maximum absolute atomic E-state index is 12.0. The molecule has 0 unspecified atom stereocenters. The molecule has 1 atom stereocenters. The summed E-state index contributed by atoms with van der Waals surface area (Å²) < 4.78 is 0. The number of aliphatic carboxylic acids is 1. The van der Waals surface area contributed by atoms with Gasteiger partial charge >= 0.3 is 5.97 Å². The van der Waals surface area contributed by atoms with Gasteiger partial charge in [-0.25, -0.2) is 0 Å². The summed E-state index contributed by atoms with van der Waals surface area (Å²) in [6, 6.07) is 9.60. The van der Waals surface area contributed by atoms with Crippen molar-refractivity contribution in [2.45, 2.75) is 13.0 Å². The summed E-state index contributed by atoms with van der Waals surface area (Å²) in [5.74, 6) is -1.77. The largest absolute Gasteiger partial charge is 0.481 e. The quantitative estimate of drug-likeness (QED) is 0.772. The Labute approximate surface area is 137 Å². The van der Waals surface area contributed by atoms with E-state index in [4.69, 9.17) is 0 Å². The zero-order valence-corrected chi connectivity index (χ0v) is 13.6. The molecule has 2 rings (SSSR count). The van der Waals surface area contributed by atoms with Gasteiger partial charge in [0.15, 0.2) is 0 Å². The van der Waals surface area contributed by atoms with Gasteiger partial charge < -0.3 is 15.3 Å². The van der Waals surface area contributed by atoms with E-state index in [1.54, 1.807) is 0 Å². The molecule has 1 aliphatic heterocycles. The minimum absolute atomic E-state index is 0.0223. The summed E-state index contributed by atoms with van der Waals surface area (Å²) in [5, 5.41) is 12.2. The molecule has 0 aliphatic carbocycles. The molecule has 0 saturated carbocycles. The van der Waals surface area contributed by atoms with Crippen LogP contribution in [0.5, 0.6) is 0 Å². The number of carboxylic acids is 1. The smallest absolute Gasteiger partial charge is 0.308 e. The van der Waals surface area contributed by atoms with Crippen LogP contribution in [-0.4, -0.2) is 66.6 Å². The van der Waals surface area contributed by atoms with Crippen LogP contribution in [0.2, 0.25) is 0 Å². The van der Waals surface area contributed by atoms with E-state index in [-0.39, 0.29) is 12.3 Å². The molecule has 23 heavy (non-hydrogen) atoms. The highest BCUT2D eigenvalue weighted by Gasteiger charge is 2.25. The van der Waals surface area contributed by atoms with Crippen molar-refractivity contribution in [2.24, 2.45) is 5.92 Å². The van der Waals surface area contributed by atoms with Crippen molar-refractivity contribution in [3.8, 4) is 0 Å². The maximum Gasteiger partial charge on any atom is 0.308 e. The number of nitrogens with zero attached hydrogens (tertiary/aromatic N) is 2. The lowest BCUT2D eigenvalue weighted by molar-refractivity contribution is -0.145. The minimum atomic E-state index is -0.904. The molecule has 1 aromatic rings. The van der Waals surface area contributed by atoms with Crippen molar-refractivity contribution in [1.82, 2.24) is 15.1 Å². The number of benzene rings is 1. The molecule has 1 fully saturated rings. The van der Waals surface area contributed by atoms with Crippen LogP contribution in [0.15, 0.2) is 30.3 Å². The van der Waals surface area contributed by atoms with Gasteiger partial charge in [-0.1, -0.05) is 30.3 Å². The monoisotopic (exact) mass is 319 g/mol. The van der Waals surface area contributed by atoms with Crippen molar-refractivity contribution >= 4 is 11.9 Å². The number of piperazine rings is 1. The van der Waals surface area contributed by atoms with Gasteiger partial charge in [0.2, 0.25) is 5.91 Å². The molecule has 1 heterocycles. The third-order valence-electron chi connectivity index (χ3n) is 4.19. The molecular weight excluding hydrogens is 294 g/mol. The number of carboxylic acid groups (broad SMARTS) is 1. The SMILES string of the molecule is CN1CCN(C[C@@H](CC(=O)NCc2ccccc2)C(=O)O)CC1. The number of carbonyl (C=O) groups excluding carboxylic acids is 1. The van der Waals surface area contributed by atoms with Gasteiger partial charge in [0.05, 0.1) is 5.92 Å². The Morgan fingerprint density at radius 1 is 1.17 bits per heavy atom. The molecule has 2 N–H and O–H groups in total. The summed E-state index contributed by atoms with van der Waals surface area (Å²) in [6.45, 7) is 4.44. The Morgan fingerprint density at radius 2 is 1.83 bits per heavy atom. The molecule has 0 spiro atoms. The highest BCUT2D eigenvalue weighted by molar-refractivity contribution is 5.82. The fraction of sp³-hybridized carbons (Fsp3) is 0.529. The van der Waals surface area contributed by atoms with E-state index >= 15 is 0 Å². The van der Waals surface area contributed by atoms with Crippen molar-refractivity contribution in [2.75, 3.05) is 39.8 Å². The molecule has 1 saturated heterocycles. The average Bonchev–Trinajstić information content (AvgIpc) is 2.55. The summed E-state index contributed by atoms with van der Waals surface area (Å²) in [6.07, 6.45) is 0.0223. The number of amides is 1. The minimum Gasteiger partial charge on any atom is -0.481 e. The summed E-state index contributed by atoms with van der Waals surface area (Å²) in [5.41, 5.74) is 1.01. The van der Waals surface area contributed by atoms with Crippen molar-refractivity contribution in [3.05, 3.63) is 35.9 Å². The van der Waals surface area contributed by atoms with Crippen LogP contribution in [-0.2, 0) is 16.1 Å². The third-order valence-corrected chi connectivity index (χ3v) is 4.19. The highest BCUT2D eigenvalue weighted by atomic mass is 16.4. The van der Waals surface area contributed by atoms with Crippen LogP contribution in [0.1, 0.15) is 12.0 Å². The van der Waals surface area contributed by atoms with E-state index in [2.05, 4.69) is 22.2 Å². The van der Waals surface area contributed by atoms with Gasteiger partial charge in [-0.15, -0.1) is 0 Å². The van der Waals surface area contributed by atoms with Crippen LogP contribution in [0.3, 0.4) is 0 Å². The number of nitrogens with one attached hydrogen (secondary N) is 1. The Hall–Kier alpha value is -1.92. The zero-order chi connectivity index (χ0) is 16.7. The molecule has 6 heteroatoms. The standard InChI is InChI=1S/C17H25N3O3/c1-19-7-9-20(10-8-19)13-15(17(22)23)11-16(21)18-12-14-5-3-2-4-6-14/h2-6,15H,7-13H2,1H3,(H,18,21)(H,22,23)/t15-/m1/s1. The normalized spacial score (nSPS) is 17.6. The fourth-order valence-corrected chi connectivity index (χ4v) is 2.66. The maximum atomic E-state index is 12.0. The summed E-state index contributed by atoms with van der Waals surface area (Å²) in [4.78, 5) is 27.8. The van der Waals surface area contributed by atoms with Crippen LogP contribution in [0.25, 0.3) is 0 Å². The van der Waals surface area contributed by atoms with E-state index in [1.807, 2.05) is 30.3 Å². The second kappa shape index (κ2) is 8.64. The number of rotatable bonds is 7. The van der Waals surface area contributed by atoms with E-state index in [0.29, 0.717) is 13.1 Å². The first-order valence-corrected chi connectivity index (χ1v) is 7.99. The number of hydrogen-bond donors (Lipinski definition) is 2. The van der Waals surface area contributed by atoms with Crippen LogP contribution in [0.4, 0.5) is 0 Å². The van der Waals surface area contributed by atoms with Gasteiger partial charge in [-0.2, -0.15) is 0 Å². The van der Waals surface area contributed by atoms with Crippen LogP contribution >= 0.6 is 0 Å². The predicted octanol–water partition coefficient (Wildman–Crippen LogP) is 0.641. The first kappa shape index (κ1) is 17.4. The van der Waals surface area contributed by atoms with E-state index in [0.717, 1.165) is 31.7 Å². The lowest BCUT2D eigenvalue weighted by Gasteiger charge is -2.33. The Morgan fingerprint density at radius 3 is 2.43 bits per heavy atom. The molecule has 0 radical (unpaired) electrons. The molecule has 6 nitrogen and oxygen atoms in total. The molecule has 1 aliphatic rings. The van der Waals surface area contributed by atoms with E-state index in [9.17, 15) is 14.7 Å². The van der Waals surface area contributed by atoms with E-state index < -0.39 is 11.9 Å². The molecule has 126 valence electrons. The summed E-state index contributed by atoms with van der Waals surface area (Å²) in [7, 11) is 2.06. The second-order valence-corrected chi connectivity index (χ2v) is 6.11. The fourth-order valence-electron chi connectivity index (χ4n) is 2.66. The highest BCUT2D eigenvalue weighted by Crippen LogP contribution is 2.10. The predicted molar refractivity (Wildman–Crippen MR) is 88.0 cm³/mol. The number of likely N-dealkylation sites (N-methyl/N-ethyl adjacent to an activating group) is 1. The lowest BCUT2D eigenvalue weighted by atomic mass is 10.0. The second-order valence-electron chi connectivity index (χ2n) is 6.11. The van der Waals surface area contributed by atoms with Gasteiger partial charge in [-0.05, 0) is 12.6 Å². The van der Waals surface area contributed by atoms with Crippen LogP contribution in [0, 0.1) is 5.92 Å². The number of carbonyl (C=O) groups is 2. The zero-order valence-electron chi connectivity index (χ0n) is 13.6. The van der Waals surface area contributed by atoms with Crippen molar-refractivity contribution in [3.63, 3.8) is 0 Å². The first-order valence-electron chi connectivity index (χ1n) is 7.99. The Kier molecular flexibility index (Phi) is 6.55. The van der Waals surface area contributed by atoms with E-state index in [1.165, 1.54) is 0 Å². The van der Waals surface area contributed by atoms with Crippen LogP contribution < -0.4 is 5.32 Å². The Balaban J connectivity index is 1.79. The Bertz CT molecular complexity index is 513. The molecule has 1 amide bonds. The molecule has 0 bridgehead atoms. The lowest BCUT2D eigenvalue weighted by Crippen LogP contribution is -2.47. The van der Waals surface area contributed by atoms with Gasteiger partial charge in [-0.3, -0.25) is 14.5 Å². The topological polar surface area (TPSA) is 72.9 Å². The molecule has 1 aromatic carbocycles. The average molecular weight is 319 g/mol. The number of hydrogen-bond acceptors (Lipinski definition) is 4. The third kappa shape index (κ3) is 6.00. The molecule has 0 aromatic heterocycles. The van der Waals surface area contributed by atoms with Gasteiger partial charge in [0.25, 0.3) is 0 Å². The molecular formula is C17H25N3O3. The van der Waals surface area contributed by atoms with Gasteiger partial charge in [0, 0.05) is 45.7 Å².